The number of aromatic amines is 1. The maximum Gasteiger partial charge on any atom is 0.234 e. The second-order valence-corrected chi connectivity index (χ2v) is 6.59. The van der Waals surface area contributed by atoms with Gasteiger partial charge in [0.05, 0.1) is 17.4 Å². The number of amides is 1. The van der Waals surface area contributed by atoms with Gasteiger partial charge in [0.2, 0.25) is 11.1 Å². The lowest BCUT2D eigenvalue weighted by atomic mass is 10.2. The van der Waals surface area contributed by atoms with Crippen LogP contribution >= 0.6 is 11.8 Å². The van der Waals surface area contributed by atoms with Crippen LogP contribution in [0.1, 0.15) is 17.0 Å². The third kappa shape index (κ3) is 5.33. The molecule has 7 nitrogen and oxygen atoms in total. The Morgan fingerprint density at radius 2 is 2.04 bits per heavy atom. The maximum absolute atomic E-state index is 12.0. The van der Waals surface area contributed by atoms with Gasteiger partial charge in [-0.2, -0.15) is 5.26 Å². The van der Waals surface area contributed by atoms with E-state index in [2.05, 4.69) is 20.5 Å². The standard InChI is InChI=1S/C19H17N5O2S/c1-13-4-2-3-5-16(13)26-11-17-22-19(24-23-17)27-12-18(25)21-15-8-6-14(10-20)7-9-15/h2-9H,11-12H2,1H3,(H,21,25)(H,22,23,24). The quantitative estimate of drug-likeness (QED) is 0.611. The van der Waals surface area contributed by atoms with E-state index in [1.165, 1.54) is 11.8 Å². The first-order chi connectivity index (χ1) is 13.1. The van der Waals surface area contributed by atoms with E-state index in [1.54, 1.807) is 24.3 Å². The summed E-state index contributed by atoms with van der Waals surface area (Å²) in [5.41, 5.74) is 2.23. The summed E-state index contributed by atoms with van der Waals surface area (Å²) in [5, 5.41) is 18.9. The monoisotopic (exact) mass is 379 g/mol. The van der Waals surface area contributed by atoms with E-state index in [-0.39, 0.29) is 18.3 Å². The molecular weight excluding hydrogens is 362 g/mol. The molecule has 0 saturated heterocycles. The number of benzene rings is 2. The van der Waals surface area contributed by atoms with Crippen molar-refractivity contribution in [2.75, 3.05) is 11.1 Å². The minimum Gasteiger partial charge on any atom is -0.485 e. The number of nitriles is 1. The molecule has 1 amide bonds. The molecule has 0 aliphatic carbocycles. The highest BCUT2D eigenvalue weighted by atomic mass is 32.2. The Morgan fingerprint density at radius 1 is 1.26 bits per heavy atom. The lowest BCUT2D eigenvalue weighted by Gasteiger charge is -2.06. The fourth-order valence-electron chi connectivity index (χ4n) is 2.23. The Kier molecular flexibility index (Phi) is 6.07. The van der Waals surface area contributed by atoms with Crippen molar-refractivity contribution in [1.82, 2.24) is 15.2 Å². The summed E-state index contributed by atoms with van der Waals surface area (Å²) < 4.78 is 5.71. The Morgan fingerprint density at radius 3 is 2.78 bits per heavy atom. The molecule has 27 heavy (non-hydrogen) atoms. The van der Waals surface area contributed by atoms with Crippen molar-refractivity contribution >= 4 is 23.4 Å². The zero-order chi connectivity index (χ0) is 19.1. The molecular formula is C19H17N5O2S. The molecule has 0 saturated carbocycles. The third-order valence-electron chi connectivity index (χ3n) is 3.60. The Labute approximate surface area is 160 Å². The SMILES string of the molecule is Cc1ccccc1OCc1nc(SCC(=O)Nc2ccc(C#N)cc2)n[nH]1. The average molecular weight is 379 g/mol. The number of ether oxygens (including phenoxy) is 1. The van der Waals surface area contributed by atoms with E-state index >= 15 is 0 Å². The smallest absolute Gasteiger partial charge is 0.234 e. The number of aryl methyl sites for hydroxylation is 1. The second-order valence-electron chi connectivity index (χ2n) is 5.64. The molecule has 1 aromatic heterocycles. The molecule has 0 spiro atoms. The number of rotatable bonds is 7. The number of para-hydroxylation sites is 1. The largest absolute Gasteiger partial charge is 0.485 e. The normalized spacial score (nSPS) is 10.2. The predicted octanol–water partition coefficient (Wildman–Crippen LogP) is 3.29. The van der Waals surface area contributed by atoms with Crippen LogP contribution in [-0.2, 0) is 11.4 Å². The van der Waals surface area contributed by atoms with E-state index in [0.717, 1.165) is 11.3 Å². The van der Waals surface area contributed by atoms with Crippen LogP contribution in [0.3, 0.4) is 0 Å². The molecule has 0 aliphatic heterocycles. The van der Waals surface area contributed by atoms with Crippen molar-refractivity contribution < 1.29 is 9.53 Å². The fraction of sp³-hybridized carbons (Fsp3) is 0.158. The van der Waals surface area contributed by atoms with Crippen molar-refractivity contribution in [2.24, 2.45) is 0 Å². The van der Waals surface area contributed by atoms with Crippen LogP contribution in [-0.4, -0.2) is 26.8 Å². The van der Waals surface area contributed by atoms with Crippen molar-refractivity contribution in [2.45, 2.75) is 18.7 Å². The van der Waals surface area contributed by atoms with Gasteiger partial charge in [0.25, 0.3) is 0 Å². The number of nitrogens with one attached hydrogen (secondary N) is 2. The van der Waals surface area contributed by atoms with E-state index < -0.39 is 0 Å². The Bertz CT molecular complexity index is 963. The number of thioether (sulfide) groups is 1. The van der Waals surface area contributed by atoms with Gasteiger partial charge in [-0.05, 0) is 42.8 Å². The number of aromatic nitrogens is 3. The number of hydrogen-bond acceptors (Lipinski definition) is 6. The zero-order valence-electron chi connectivity index (χ0n) is 14.6. The number of anilines is 1. The van der Waals surface area contributed by atoms with E-state index in [1.807, 2.05) is 37.3 Å². The fourth-order valence-corrected chi connectivity index (χ4v) is 2.84. The summed E-state index contributed by atoms with van der Waals surface area (Å²) in [6, 6.07) is 16.5. The average Bonchev–Trinajstić information content (AvgIpc) is 3.14. The van der Waals surface area contributed by atoms with Gasteiger partial charge in [0.15, 0.2) is 5.82 Å². The van der Waals surface area contributed by atoms with Crippen molar-refractivity contribution in [3.63, 3.8) is 0 Å². The number of nitrogens with zero attached hydrogens (tertiary/aromatic N) is 3. The lowest BCUT2D eigenvalue weighted by molar-refractivity contribution is -0.113. The van der Waals surface area contributed by atoms with E-state index in [4.69, 9.17) is 10.00 Å². The summed E-state index contributed by atoms with van der Waals surface area (Å²) in [6.07, 6.45) is 0. The summed E-state index contributed by atoms with van der Waals surface area (Å²) in [6.45, 7) is 2.25. The molecule has 2 aromatic carbocycles. The second kappa shape index (κ2) is 8.87. The van der Waals surface area contributed by atoms with Gasteiger partial charge in [0.1, 0.15) is 12.4 Å². The van der Waals surface area contributed by atoms with Gasteiger partial charge in [-0.15, -0.1) is 5.10 Å². The molecule has 0 fully saturated rings. The van der Waals surface area contributed by atoms with Gasteiger partial charge >= 0.3 is 0 Å². The molecule has 3 aromatic rings. The van der Waals surface area contributed by atoms with Gasteiger partial charge in [0, 0.05) is 5.69 Å². The van der Waals surface area contributed by atoms with Crippen LogP contribution in [0, 0.1) is 18.3 Å². The van der Waals surface area contributed by atoms with Gasteiger partial charge in [-0.1, -0.05) is 30.0 Å². The summed E-state index contributed by atoms with van der Waals surface area (Å²) >= 11 is 1.23. The summed E-state index contributed by atoms with van der Waals surface area (Å²) in [4.78, 5) is 16.3. The third-order valence-corrected chi connectivity index (χ3v) is 4.45. The van der Waals surface area contributed by atoms with Crippen molar-refractivity contribution in [3.8, 4) is 11.8 Å². The minimum atomic E-state index is -0.174. The van der Waals surface area contributed by atoms with Gasteiger partial charge < -0.3 is 10.1 Å². The Balaban J connectivity index is 1.46. The molecule has 0 unspecified atom stereocenters. The number of H-pyrrole nitrogens is 1. The van der Waals surface area contributed by atoms with Crippen LogP contribution in [0.25, 0.3) is 0 Å². The highest BCUT2D eigenvalue weighted by molar-refractivity contribution is 7.99. The van der Waals surface area contributed by atoms with Gasteiger partial charge in [-0.25, -0.2) is 4.98 Å². The first-order valence-corrected chi connectivity index (χ1v) is 9.15. The molecule has 1 heterocycles. The van der Waals surface area contributed by atoms with E-state index in [0.29, 0.717) is 22.2 Å². The lowest BCUT2D eigenvalue weighted by Crippen LogP contribution is -2.14. The van der Waals surface area contributed by atoms with Crippen LogP contribution in [0.2, 0.25) is 0 Å². The number of carbonyl (C=O) groups excluding carboxylic acids is 1. The first kappa shape index (κ1) is 18.5. The maximum atomic E-state index is 12.0. The summed E-state index contributed by atoms with van der Waals surface area (Å²) in [7, 11) is 0. The minimum absolute atomic E-state index is 0.174. The van der Waals surface area contributed by atoms with Crippen LogP contribution in [0.5, 0.6) is 5.75 Å². The molecule has 8 heteroatoms. The van der Waals surface area contributed by atoms with E-state index in [9.17, 15) is 4.79 Å². The van der Waals surface area contributed by atoms with Crippen LogP contribution < -0.4 is 10.1 Å². The highest BCUT2D eigenvalue weighted by Crippen LogP contribution is 2.18. The Hall–Kier alpha value is -3.31. The molecule has 136 valence electrons. The first-order valence-electron chi connectivity index (χ1n) is 8.16. The molecule has 0 atom stereocenters. The van der Waals surface area contributed by atoms with Crippen LogP contribution in [0.4, 0.5) is 5.69 Å². The topological polar surface area (TPSA) is 104 Å². The zero-order valence-corrected chi connectivity index (χ0v) is 15.4. The van der Waals surface area contributed by atoms with Gasteiger partial charge in [-0.3, -0.25) is 9.89 Å². The molecule has 0 radical (unpaired) electrons. The van der Waals surface area contributed by atoms with Crippen LogP contribution in [0.15, 0.2) is 53.7 Å². The number of hydrogen-bond donors (Lipinski definition) is 2. The highest BCUT2D eigenvalue weighted by Gasteiger charge is 2.09. The molecule has 2 N–H and O–H groups in total. The predicted molar refractivity (Wildman–Crippen MR) is 102 cm³/mol. The molecule has 3 rings (SSSR count). The van der Waals surface area contributed by atoms with Crippen molar-refractivity contribution in [3.05, 3.63) is 65.5 Å². The molecule has 0 bridgehead atoms. The summed E-state index contributed by atoms with van der Waals surface area (Å²) in [5.74, 6) is 1.39. The van der Waals surface area contributed by atoms with Crippen molar-refractivity contribution in [1.29, 1.82) is 5.26 Å². The number of carbonyl (C=O) groups is 1. The molecule has 0 aliphatic rings.